The second-order valence-corrected chi connectivity index (χ2v) is 9.90. The van der Waals surface area contributed by atoms with Crippen molar-refractivity contribution in [3.63, 3.8) is 0 Å². The topological polar surface area (TPSA) is 65.5 Å². The number of fused-ring (bicyclic) bond motifs is 1. The number of benzene rings is 2. The summed E-state index contributed by atoms with van der Waals surface area (Å²) in [7, 11) is 1.65. The number of hydrogen-bond donors (Lipinski definition) is 1. The molecule has 3 aromatic rings. The third kappa shape index (κ3) is 5.08. The van der Waals surface area contributed by atoms with Gasteiger partial charge < -0.3 is 10.2 Å². The van der Waals surface area contributed by atoms with Crippen LogP contribution in [0.5, 0.6) is 0 Å². The number of rotatable bonds is 5. The minimum atomic E-state index is -0.628. The van der Waals surface area contributed by atoms with Crippen LogP contribution >= 0.6 is 23.1 Å². The van der Waals surface area contributed by atoms with Crippen molar-refractivity contribution in [2.24, 2.45) is 0 Å². The van der Waals surface area contributed by atoms with E-state index < -0.39 is 11.8 Å². The zero-order valence-corrected chi connectivity index (χ0v) is 19.3. The summed E-state index contributed by atoms with van der Waals surface area (Å²) in [6.07, 6.45) is 0. The first-order valence-electron chi connectivity index (χ1n) is 10.3. The Morgan fingerprint density at radius 3 is 2.61 bits per heavy atom. The van der Waals surface area contributed by atoms with E-state index in [9.17, 15) is 9.59 Å². The summed E-state index contributed by atoms with van der Waals surface area (Å²) in [5.74, 6) is 1.05. The van der Waals surface area contributed by atoms with Gasteiger partial charge in [0.1, 0.15) is 5.01 Å². The van der Waals surface area contributed by atoms with Gasteiger partial charge in [0.05, 0.1) is 16.3 Å². The second-order valence-electron chi connectivity index (χ2n) is 7.61. The van der Waals surface area contributed by atoms with E-state index in [4.69, 9.17) is 0 Å². The van der Waals surface area contributed by atoms with Crippen LogP contribution < -0.4 is 5.32 Å². The Hall–Kier alpha value is -2.42. The minimum absolute atomic E-state index is 0.295. The molecule has 162 valence electrons. The molecule has 1 fully saturated rings. The third-order valence-corrected chi connectivity index (χ3v) is 7.68. The highest BCUT2D eigenvalue weighted by Crippen LogP contribution is 2.29. The first kappa shape index (κ1) is 21.8. The van der Waals surface area contributed by atoms with Gasteiger partial charge in [0.2, 0.25) is 0 Å². The molecule has 0 spiro atoms. The molecule has 1 N–H and O–H groups in total. The van der Waals surface area contributed by atoms with Crippen molar-refractivity contribution in [1.29, 1.82) is 0 Å². The first-order valence-corrected chi connectivity index (χ1v) is 12.3. The maximum atomic E-state index is 12.9. The molecule has 2 aromatic carbocycles. The zero-order valence-electron chi connectivity index (χ0n) is 17.7. The highest BCUT2D eigenvalue weighted by Gasteiger charge is 2.26. The van der Waals surface area contributed by atoms with Crippen LogP contribution in [0.1, 0.15) is 23.5 Å². The van der Waals surface area contributed by atoms with Gasteiger partial charge in [0, 0.05) is 43.9 Å². The van der Waals surface area contributed by atoms with Crippen molar-refractivity contribution in [2.75, 3.05) is 37.0 Å². The van der Waals surface area contributed by atoms with Gasteiger partial charge in [-0.3, -0.25) is 14.5 Å². The number of aromatic nitrogens is 1. The molecule has 1 aliphatic rings. The average molecular weight is 455 g/mol. The van der Waals surface area contributed by atoms with Crippen molar-refractivity contribution < 1.29 is 9.59 Å². The van der Waals surface area contributed by atoms with Gasteiger partial charge in [-0.05, 0) is 30.7 Å². The van der Waals surface area contributed by atoms with E-state index in [0.29, 0.717) is 5.69 Å². The Morgan fingerprint density at radius 2 is 1.84 bits per heavy atom. The molecule has 2 amide bonds. The molecule has 0 aliphatic carbocycles. The van der Waals surface area contributed by atoms with Crippen molar-refractivity contribution in [1.82, 2.24) is 14.8 Å². The van der Waals surface area contributed by atoms with Crippen LogP contribution in [0.2, 0.25) is 0 Å². The molecule has 0 radical (unpaired) electrons. The number of anilines is 1. The van der Waals surface area contributed by atoms with E-state index in [2.05, 4.69) is 15.2 Å². The lowest BCUT2D eigenvalue weighted by molar-refractivity contribution is -0.143. The van der Waals surface area contributed by atoms with Crippen LogP contribution in [0.25, 0.3) is 10.2 Å². The van der Waals surface area contributed by atoms with Crippen molar-refractivity contribution in [3.8, 4) is 0 Å². The molecular weight excluding hydrogens is 428 g/mol. The Morgan fingerprint density at radius 1 is 1.13 bits per heavy atom. The number of hydrogen-bond acceptors (Lipinski definition) is 6. The highest BCUT2D eigenvalue weighted by molar-refractivity contribution is 7.99. The number of likely N-dealkylation sites (N-methyl/N-ethyl adjacent to an activating group) is 1. The van der Waals surface area contributed by atoms with Gasteiger partial charge in [0.15, 0.2) is 0 Å². The van der Waals surface area contributed by atoms with Gasteiger partial charge >= 0.3 is 11.8 Å². The van der Waals surface area contributed by atoms with Crippen LogP contribution in [0.15, 0.2) is 48.5 Å². The SMILES string of the molecule is CC(c1nc2ccccc2s1)N(C)C(=O)C(=O)Nc1ccccc1CN1CCSCC1. The summed E-state index contributed by atoms with van der Waals surface area (Å²) in [6, 6.07) is 15.3. The molecule has 2 heterocycles. The first-order chi connectivity index (χ1) is 15.0. The van der Waals surface area contributed by atoms with Crippen LogP contribution in [0, 0.1) is 0 Å². The number of thioether (sulfide) groups is 1. The Balaban J connectivity index is 1.43. The van der Waals surface area contributed by atoms with Crippen LogP contribution in [-0.4, -0.2) is 58.2 Å². The number of amides is 2. The summed E-state index contributed by atoms with van der Waals surface area (Å²) in [5, 5.41) is 3.65. The molecule has 8 heteroatoms. The monoisotopic (exact) mass is 454 g/mol. The summed E-state index contributed by atoms with van der Waals surface area (Å²) in [5.41, 5.74) is 2.63. The normalized spacial score (nSPS) is 15.5. The van der Waals surface area contributed by atoms with Crippen LogP contribution in [-0.2, 0) is 16.1 Å². The van der Waals surface area contributed by atoms with Gasteiger partial charge in [-0.15, -0.1) is 11.3 Å². The fourth-order valence-electron chi connectivity index (χ4n) is 3.53. The van der Waals surface area contributed by atoms with E-state index in [-0.39, 0.29) is 6.04 Å². The number of thiazole rings is 1. The summed E-state index contributed by atoms with van der Waals surface area (Å²) >= 11 is 3.51. The summed E-state index contributed by atoms with van der Waals surface area (Å²) in [4.78, 5) is 34.1. The number of carbonyl (C=O) groups excluding carboxylic acids is 2. The molecule has 4 rings (SSSR count). The molecule has 1 unspecified atom stereocenters. The lowest BCUT2D eigenvalue weighted by Gasteiger charge is -2.27. The lowest BCUT2D eigenvalue weighted by atomic mass is 10.1. The number of nitrogens with zero attached hydrogens (tertiary/aromatic N) is 3. The highest BCUT2D eigenvalue weighted by atomic mass is 32.2. The number of nitrogens with one attached hydrogen (secondary N) is 1. The third-order valence-electron chi connectivity index (χ3n) is 5.53. The molecule has 1 saturated heterocycles. The Labute approximate surface area is 190 Å². The Kier molecular flexibility index (Phi) is 6.89. The number of para-hydroxylation sites is 2. The molecule has 6 nitrogen and oxygen atoms in total. The summed E-state index contributed by atoms with van der Waals surface area (Å²) < 4.78 is 1.07. The van der Waals surface area contributed by atoms with E-state index >= 15 is 0 Å². The van der Waals surface area contributed by atoms with E-state index in [1.807, 2.05) is 67.2 Å². The van der Waals surface area contributed by atoms with E-state index in [1.165, 1.54) is 4.90 Å². The van der Waals surface area contributed by atoms with E-state index in [0.717, 1.165) is 51.9 Å². The predicted molar refractivity (Wildman–Crippen MR) is 128 cm³/mol. The van der Waals surface area contributed by atoms with E-state index in [1.54, 1.807) is 18.4 Å². The fraction of sp³-hybridized carbons (Fsp3) is 0.348. The van der Waals surface area contributed by atoms with Crippen molar-refractivity contribution in [2.45, 2.75) is 19.5 Å². The van der Waals surface area contributed by atoms with Gasteiger partial charge in [-0.2, -0.15) is 11.8 Å². The van der Waals surface area contributed by atoms with Crippen LogP contribution in [0.4, 0.5) is 5.69 Å². The van der Waals surface area contributed by atoms with Crippen molar-refractivity contribution >= 4 is 50.8 Å². The zero-order chi connectivity index (χ0) is 21.8. The summed E-state index contributed by atoms with van der Waals surface area (Å²) in [6.45, 7) is 4.73. The molecule has 0 saturated carbocycles. The molecule has 31 heavy (non-hydrogen) atoms. The predicted octanol–water partition coefficient (Wildman–Crippen LogP) is 4.00. The van der Waals surface area contributed by atoms with Gasteiger partial charge in [-0.1, -0.05) is 30.3 Å². The Bertz CT molecular complexity index is 1050. The van der Waals surface area contributed by atoms with Crippen molar-refractivity contribution in [3.05, 3.63) is 59.1 Å². The number of carbonyl (C=O) groups is 2. The largest absolute Gasteiger partial charge is 0.328 e. The second kappa shape index (κ2) is 9.80. The van der Waals surface area contributed by atoms with Gasteiger partial charge in [0.25, 0.3) is 0 Å². The smallest absolute Gasteiger partial charge is 0.313 e. The molecule has 1 aliphatic heterocycles. The van der Waals surface area contributed by atoms with Gasteiger partial charge in [-0.25, -0.2) is 4.98 Å². The standard InChI is InChI=1S/C23H26N4O2S2/c1-16(22-25-19-9-5-6-10-20(19)31-22)26(2)23(29)21(28)24-18-8-4-3-7-17(18)15-27-11-13-30-14-12-27/h3-10,16H,11-15H2,1-2H3,(H,24,28). The van der Waals surface area contributed by atoms with Crippen LogP contribution in [0.3, 0.4) is 0 Å². The maximum Gasteiger partial charge on any atom is 0.313 e. The fourth-order valence-corrected chi connectivity index (χ4v) is 5.57. The minimum Gasteiger partial charge on any atom is -0.328 e. The average Bonchev–Trinajstić information content (AvgIpc) is 3.24. The lowest BCUT2D eigenvalue weighted by Crippen LogP contribution is -2.39. The maximum absolute atomic E-state index is 12.9. The molecule has 1 atom stereocenters. The molecule has 0 bridgehead atoms. The quantitative estimate of drug-likeness (QED) is 0.590. The molecular formula is C23H26N4O2S2. The molecule has 1 aromatic heterocycles.